The number of hydrogen-bond acceptors (Lipinski definition) is 3. The van der Waals surface area contributed by atoms with Crippen molar-refractivity contribution in [2.45, 2.75) is 19.9 Å². The van der Waals surface area contributed by atoms with Gasteiger partial charge in [0.1, 0.15) is 11.8 Å². The summed E-state index contributed by atoms with van der Waals surface area (Å²) in [5.41, 5.74) is 1.09. The molecule has 0 spiro atoms. The highest BCUT2D eigenvalue weighted by Gasteiger charge is 2.24. The van der Waals surface area contributed by atoms with Crippen molar-refractivity contribution in [1.82, 2.24) is 5.32 Å². The number of nitrogens with one attached hydrogen (secondary N) is 2. The molecule has 2 aromatic rings. The fourth-order valence-corrected chi connectivity index (χ4v) is 2.38. The van der Waals surface area contributed by atoms with E-state index in [1.54, 1.807) is 55.6 Å². The van der Waals surface area contributed by atoms with Gasteiger partial charge in [0.05, 0.1) is 7.11 Å². The zero-order chi connectivity index (χ0) is 18.4. The standard InChI is InChI=1S/C19H21ClN2O3/c1-12(2)17(19(24)21-15-8-6-14(20)7-9-15)22-18(23)13-4-10-16(25-3)11-5-13/h4-12,17H,1-3H3,(H,21,24)(H,22,23)/t17-/m1/s1. The Hall–Kier alpha value is -2.53. The van der Waals surface area contributed by atoms with Crippen molar-refractivity contribution < 1.29 is 14.3 Å². The van der Waals surface area contributed by atoms with E-state index in [0.29, 0.717) is 22.0 Å². The summed E-state index contributed by atoms with van der Waals surface area (Å²) < 4.78 is 5.08. The van der Waals surface area contributed by atoms with Gasteiger partial charge in [0.25, 0.3) is 5.91 Å². The fraction of sp³-hybridized carbons (Fsp3) is 0.263. The molecule has 0 unspecified atom stereocenters. The van der Waals surface area contributed by atoms with Gasteiger partial charge in [-0.05, 0) is 54.4 Å². The summed E-state index contributed by atoms with van der Waals surface area (Å²) in [4.78, 5) is 24.9. The van der Waals surface area contributed by atoms with Crippen LogP contribution in [0.3, 0.4) is 0 Å². The van der Waals surface area contributed by atoms with Crippen LogP contribution in [0.15, 0.2) is 48.5 Å². The maximum Gasteiger partial charge on any atom is 0.251 e. The van der Waals surface area contributed by atoms with Gasteiger partial charge in [-0.3, -0.25) is 9.59 Å². The van der Waals surface area contributed by atoms with E-state index >= 15 is 0 Å². The number of anilines is 1. The molecule has 0 aliphatic rings. The second-order valence-electron chi connectivity index (χ2n) is 5.92. The average Bonchev–Trinajstić information content (AvgIpc) is 2.61. The smallest absolute Gasteiger partial charge is 0.251 e. The van der Waals surface area contributed by atoms with Crippen LogP contribution in [0.2, 0.25) is 5.02 Å². The number of benzene rings is 2. The molecule has 0 saturated heterocycles. The molecule has 1 atom stereocenters. The Morgan fingerprint density at radius 3 is 2.12 bits per heavy atom. The largest absolute Gasteiger partial charge is 0.497 e. The predicted octanol–water partition coefficient (Wildman–Crippen LogP) is 3.74. The molecule has 0 aliphatic carbocycles. The quantitative estimate of drug-likeness (QED) is 0.824. The fourth-order valence-electron chi connectivity index (χ4n) is 2.26. The van der Waals surface area contributed by atoms with Crippen LogP contribution >= 0.6 is 11.6 Å². The minimum atomic E-state index is -0.662. The molecule has 0 saturated carbocycles. The Labute approximate surface area is 152 Å². The Bertz CT molecular complexity index is 727. The van der Waals surface area contributed by atoms with Gasteiger partial charge in [-0.2, -0.15) is 0 Å². The monoisotopic (exact) mass is 360 g/mol. The summed E-state index contributed by atoms with van der Waals surface area (Å²) in [6.07, 6.45) is 0. The minimum Gasteiger partial charge on any atom is -0.497 e. The Morgan fingerprint density at radius 1 is 1.00 bits per heavy atom. The molecular formula is C19H21ClN2O3. The zero-order valence-corrected chi connectivity index (χ0v) is 15.1. The molecule has 2 rings (SSSR count). The highest BCUT2D eigenvalue weighted by Crippen LogP contribution is 2.15. The molecule has 0 aromatic heterocycles. The van der Waals surface area contributed by atoms with Crippen molar-refractivity contribution >= 4 is 29.1 Å². The molecule has 2 amide bonds. The van der Waals surface area contributed by atoms with Crippen molar-refractivity contribution in [1.29, 1.82) is 0 Å². The topological polar surface area (TPSA) is 67.4 Å². The first-order valence-electron chi connectivity index (χ1n) is 7.92. The third kappa shape index (κ3) is 5.22. The highest BCUT2D eigenvalue weighted by molar-refractivity contribution is 6.30. The first kappa shape index (κ1) is 18.8. The summed E-state index contributed by atoms with van der Waals surface area (Å²) in [7, 11) is 1.56. The molecular weight excluding hydrogens is 340 g/mol. The van der Waals surface area contributed by atoms with Gasteiger partial charge in [0, 0.05) is 16.3 Å². The van der Waals surface area contributed by atoms with Gasteiger partial charge in [-0.25, -0.2) is 0 Å². The number of methoxy groups -OCH3 is 1. The lowest BCUT2D eigenvalue weighted by molar-refractivity contribution is -0.118. The second-order valence-corrected chi connectivity index (χ2v) is 6.36. The molecule has 2 N–H and O–H groups in total. The molecule has 0 aliphatic heterocycles. The average molecular weight is 361 g/mol. The first-order chi connectivity index (χ1) is 11.9. The van der Waals surface area contributed by atoms with Crippen molar-refractivity contribution in [3.63, 3.8) is 0 Å². The third-order valence-corrected chi connectivity index (χ3v) is 3.95. The van der Waals surface area contributed by atoms with E-state index in [4.69, 9.17) is 16.3 Å². The molecule has 0 radical (unpaired) electrons. The van der Waals surface area contributed by atoms with Crippen LogP contribution in [0.25, 0.3) is 0 Å². The van der Waals surface area contributed by atoms with Crippen LogP contribution < -0.4 is 15.4 Å². The van der Waals surface area contributed by atoms with Crippen LogP contribution in [0, 0.1) is 5.92 Å². The second kappa shape index (κ2) is 8.53. The zero-order valence-electron chi connectivity index (χ0n) is 14.4. The van der Waals surface area contributed by atoms with Crippen molar-refractivity contribution in [3.8, 4) is 5.75 Å². The third-order valence-electron chi connectivity index (χ3n) is 3.70. The lowest BCUT2D eigenvalue weighted by Gasteiger charge is -2.22. The van der Waals surface area contributed by atoms with Crippen LogP contribution in [0.1, 0.15) is 24.2 Å². The van der Waals surface area contributed by atoms with E-state index < -0.39 is 6.04 Å². The van der Waals surface area contributed by atoms with E-state index in [1.807, 2.05) is 13.8 Å². The van der Waals surface area contributed by atoms with Gasteiger partial charge >= 0.3 is 0 Å². The van der Waals surface area contributed by atoms with Crippen LogP contribution in [-0.4, -0.2) is 25.0 Å². The lowest BCUT2D eigenvalue weighted by Crippen LogP contribution is -2.47. The summed E-state index contributed by atoms with van der Waals surface area (Å²) in [5, 5.41) is 6.17. The molecule has 5 nitrogen and oxygen atoms in total. The van der Waals surface area contributed by atoms with Crippen LogP contribution in [-0.2, 0) is 4.79 Å². The van der Waals surface area contributed by atoms with E-state index in [2.05, 4.69) is 10.6 Å². The lowest BCUT2D eigenvalue weighted by atomic mass is 10.0. The van der Waals surface area contributed by atoms with E-state index in [1.165, 1.54) is 0 Å². The normalized spacial score (nSPS) is 11.7. The van der Waals surface area contributed by atoms with Gasteiger partial charge in [0.15, 0.2) is 0 Å². The van der Waals surface area contributed by atoms with Crippen molar-refractivity contribution in [2.75, 3.05) is 12.4 Å². The molecule has 0 heterocycles. The maximum absolute atomic E-state index is 12.5. The maximum atomic E-state index is 12.5. The predicted molar refractivity (Wildman–Crippen MR) is 99.2 cm³/mol. The van der Waals surface area contributed by atoms with Gasteiger partial charge < -0.3 is 15.4 Å². The van der Waals surface area contributed by atoms with Crippen molar-refractivity contribution in [2.24, 2.45) is 5.92 Å². The Balaban J connectivity index is 2.07. The van der Waals surface area contributed by atoms with Crippen molar-refractivity contribution in [3.05, 3.63) is 59.1 Å². The number of hydrogen-bond donors (Lipinski definition) is 2. The number of rotatable bonds is 6. The first-order valence-corrected chi connectivity index (χ1v) is 8.30. The highest BCUT2D eigenvalue weighted by atomic mass is 35.5. The number of carbonyl (C=O) groups is 2. The molecule has 2 aromatic carbocycles. The molecule has 6 heteroatoms. The summed E-state index contributed by atoms with van der Waals surface area (Å²) >= 11 is 5.84. The van der Waals surface area contributed by atoms with E-state index in [0.717, 1.165) is 0 Å². The molecule has 0 bridgehead atoms. The number of amides is 2. The molecule has 25 heavy (non-hydrogen) atoms. The minimum absolute atomic E-state index is 0.0745. The van der Waals surface area contributed by atoms with Gasteiger partial charge in [-0.15, -0.1) is 0 Å². The Morgan fingerprint density at radius 2 is 1.60 bits per heavy atom. The van der Waals surface area contributed by atoms with Gasteiger partial charge in [-0.1, -0.05) is 25.4 Å². The summed E-state index contributed by atoms with van der Waals surface area (Å²) in [6, 6.07) is 12.9. The molecule has 0 fully saturated rings. The summed E-state index contributed by atoms with van der Waals surface area (Å²) in [6.45, 7) is 3.75. The SMILES string of the molecule is COc1ccc(C(=O)N[C@@H](C(=O)Nc2ccc(Cl)cc2)C(C)C)cc1. The van der Waals surface area contributed by atoms with E-state index in [9.17, 15) is 9.59 Å². The van der Waals surface area contributed by atoms with Crippen LogP contribution in [0.4, 0.5) is 5.69 Å². The van der Waals surface area contributed by atoms with Crippen LogP contribution in [0.5, 0.6) is 5.75 Å². The summed E-state index contributed by atoms with van der Waals surface area (Å²) in [5.74, 6) is -0.00117. The number of ether oxygens (including phenoxy) is 1. The van der Waals surface area contributed by atoms with Gasteiger partial charge in [0.2, 0.25) is 5.91 Å². The number of halogens is 1. The number of carbonyl (C=O) groups excluding carboxylic acids is 2. The molecule has 132 valence electrons. The van der Waals surface area contributed by atoms with E-state index in [-0.39, 0.29) is 17.7 Å². The Kier molecular flexibility index (Phi) is 6.42.